The van der Waals surface area contributed by atoms with E-state index in [1.165, 1.54) is 12.8 Å². The lowest BCUT2D eigenvalue weighted by atomic mass is 10.1. The molecule has 0 bridgehead atoms. The Bertz CT molecular complexity index is 68.7. The molecule has 0 aromatic heterocycles. The molecule has 1 fully saturated rings. The van der Waals surface area contributed by atoms with Crippen LogP contribution in [0.4, 0.5) is 0 Å². The highest BCUT2D eigenvalue weighted by Crippen LogP contribution is 2.00. The molecule has 0 atom stereocenters. The van der Waals surface area contributed by atoms with Crippen molar-refractivity contribution in [3.63, 3.8) is 0 Å². The van der Waals surface area contributed by atoms with Crippen LogP contribution >= 0.6 is 12.6 Å². The van der Waals surface area contributed by atoms with E-state index in [0.717, 1.165) is 19.0 Å². The number of hydrogen-bond acceptors (Lipinski definition) is 3. The van der Waals surface area contributed by atoms with Gasteiger partial charge in [0.1, 0.15) is 0 Å². The Morgan fingerprint density at radius 2 is 2.11 bits per heavy atom. The summed E-state index contributed by atoms with van der Waals surface area (Å²) >= 11 is 4.10. The van der Waals surface area contributed by atoms with Crippen LogP contribution in [0.5, 0.6) is 0 Å². The molecule has 2 nitrogen and oxygen atoms in total. The summed E-state index contributed by atoms with van der Waals surface area (Å²) in [5, 5.41) is 6.62. The molecule has 0 aliphatic carbocycles. The fourth-order valence-electron chi connectivity index (χ4n) is 1.16. The zero-order valence-electron chi connectivity index (χ0n) is 5.56. The lowest BCUT2D eigenvalue weighted by Crippen LogP contribution is -2.39. The van der Waals surface area contributed by atoms with Crippen LogP contribution in [0.15, 0.2) is 0 Å². The van der Waals surface area contributed by atoms with Crippen LogP contribution in [0.2, 0.25) is 0 Å². The van der Waals surface area contributed by atoms with Crippen molar-refractivity contribution in [3.8, 4) is 0 Å². The lowest BCUT2D eigenvalue weighted by Gasteiger charge is -2.22. The summed E-state index contributed by atoms with van der Waals surface area (Å²) in [6, 6.07) is 0.712. The predicted octanol–water partition coefficient (Wildman–Crippen LogP) is 0.215. The average Bonchev–Trinajstić information content (AvgIpc) is 1.91. The fourth-order valence-corrected chi connectivity index (χ4v) is 1.41. The average molecular weight is 146 g/mol. The molecular weight excluding hydrogens is 132 g/mol. The Labute approximate surface area is 61.8 Å². The normalized spacial score (nSPS) is 22.3. The SMILES string of the molecule is SCNC1CCNCC1. The molecule has 1 heterocycles. The van der Waals surface area contributed by atoms with E-state index in [0.29, 0.717) is 6.04 Å². The summed E-state index contributed by atoms with van der Waals surface area (Å²) in [6.07, 6.45) is 2.50. The third kappa shape index (κ3) is 2.56. The number of hydrogen-bond donors (Lipinski definition) is 3. The molecule has 0 radical (unpaired) electrons. The van der Waals surface area contributed by atoms with Gasteiger partial charge in [0.25, 0.3) is 0 Å². The summed E-state index contributed by atoms with van der Waals surface area (Å²) in [7, 11) is 0. The quantitative estimate of drug-likeness (QED) is 0.383. The number of nitrogens with one attached hydrogen (secondary N) is 2. The summed E-state index contributed by atoms with van der Waals surface area (Å²) in [5.74, 6) is 0.810. The maximum absolute atomic E-state index is 4.10. The van der Waals surface area contributed by atoms with E-state index >= 15 is 0 Å². The maximum Gasteiger partial charge on any atom is 0.0389 e. The van der Waals surface area contributed by atoms with E-state index in [4.69, 9.17) is 0 Å². The van der Waals surface area contributed by atoms with Crippen molar-refractivity contribution in [2.24, 2.45) is 0 Å². The first-order valence-electron chi connectivity index (χ1n) is 3.48. The lowest BCUT2D eigenvalue weighted by molar-refractivity contribution is 0.406. The molecule has 54 valence electrons. The van der Waals surface area contributed by atoms with Gasteiger partial charge in [0.2, 0.25) is 0 Å². The Morgan fingerprint density at radius 1 is 1.44 bits per heavy atom. The van der Waals surface area contributed by atoms with Gasteiger partial charge in [0.15, 0.2) is 0 Å². The third-order valence-electron chi connectivity index (χ3n) is 1.72. The number of rotatable bonds is 2. The van der Waals surface area contributed by atoms with Crippen molar-refractivity contribution < 1.29 is 0 Å². The second-order valence-electron chi connectivity index (χ2n) is 2.39. The summed E-state index contributed by atoms with van der Waals surface area (Å²) in [6.45, 7) is 2.32. The molecular formula is C6H14N2S. The smallest absolute Gasteiger partial charge is 0.0389 e. The Hall–Kier alpha value is 0.270. The van der Waals surface area contributed by atoms with Crippen LogP contribution in [-0.2, 0) is 0 Å². The Balaban J connectivity index is 2.08. The molecule has 0 spiro atoms. The van der Waals surface area contributed by atoms with E-state index < -0.39 is 0 Å². The van der Waals surface area contributed by atoms with Gasteiger partial charge in [-0.2, -0.15) is 12.6 Å². The first kappa shape index (κ1) is 7.38. The monoisotopic (exact) mass is 146 g/mol. The molecule has 0 aromatic rings. The zero-order valence-corrected chi connectivity index (χ0v) is 6.45. The number of piperidine rings is 1. The Kier molecular flexibility index (Phi) is 3.40. The minimum absolute atomic E-state index is 0.712. The molecule has 9 heavy (non-hydrogen) atoms. The summed E-state index contributed by atoms with van der Waals surface area (Å²) in [4.78, 5) is 0. The standard InChI is InChI=1S/C6H14N2S/c9-5-8-6-1-3-7-4-2-6/h6-9H,1-5H2. The fraction of sp³-hybridized carbons (Fsp3) is 1.00. The van der Waals surface area contributed by atoms with Crippen molar-refractivity contribution in [1.29, 1.82) is 0 Å². The molecule has 1 aliphatic rings. The van der Waals surface area contributed by atoms with Gasteiger partial charge in [-0.15, -0.1) is 0 Å². The molecule has 1 rings (SSSR count). The zero-order chi connectivity index (χ0) is 6.53. The maximum atomic E-state index is 4.10. The van der Waals surface area contributed by atoms with Crippen molar-refractivity contribution >= 4 is 12.6 Å². The second kappa shape index (κ2) is 4.14. The molecule has 3 heteroatoms. The van der Waals surface area contributed by atoms with E-state index in [2.05, 4.69) is 23.3 Å². The first-order valence-corrected chi connectivity index (χ1v) is 4.11. The molecule has 1 aliphatic heterocycles. The minimum Gasteiger partial charge on any atom is -0.317 e. The Morgan fingerprint density at radius 3 is 2.67 bits per heavy atom. The molecule has 0 amide bonds. The molecule has 1 saturated heterocycles. The first-order chi connectivity index (χ1) is 4.43. The van der Waals surface area contributed by atoms with Gasteiger partial charge in [0, 0.05) is 11.9 Å². The van der Waals surface area contributed by atoms with E-state index in [1.54, 1.807) is 0 Å². The van der Waals surface area contributed by atoms with Gasteiger partial charge < -0.3 is 10.6 Å². The summed E-state index contributed by atoms with van der Waals surface area (Å²) < 4.78 is 0. The van der Waals surface area contributed by atoms with Gasteiger partial charge in [-0.05, 0) is 25.9 Å². The molecule has 2 N–H and O–H groups in total. The van der Waals surface area contributed by atoms with Crippen LogP contribution in [0.1, 0.15) is 12.8 Å². The summed E-state index contributed by atoms with van der Waals surface area (Å²) in [5.41, 5.74) is 0. The van der Waals surface area contributed by atoms with Gasteiger partial charge in [-0.3, -0.25) is 0 Å². The molecule has 0 aromatic carbocycles. The largest absolute Gasteiger partial charge is 0.317 e. The van der Waals surface area contributed by atoms with Crippen molar-refractivity contribution in [1.82, 2.24) is 10.6 Å². The van der Waals surface area contributed by atoms with E-state index in [1.807, 2.05) is 0 Å². The highest BCUT2D eigenvalue weighted by molar-refractivity contribution is 7.80. The van der Waals surface area contributed by atoms with Crippen molar-refractivity contribution in [2.75, 3.05) is 19.0 Å². The van der Waals surface area contributed by atoms with E-state index in [9.17, 15) is 0 Å². The predicted molar refractivity (Wildman–Crippen MR) is 42.9 cm³/mol. The van der Waals surface area contributed by atoms with Gasteiger partial charge >= 0.3 is 0 Å². The minimum atomic E-state index is 0.712. The third-order valence-corrected chi connectivity index (χ3v) is 1.90. The highest BCUT2D eigenvalue weighted by Gasteiger charge is 2.09. The van der Waals surface area contributed by atoms with Crippen molar-refractivity contribution in [3.05, 3.63) is 0 Å². The topological polar surface area (TPSA) is 24.1 Å². The number of thiol groups is 1. The second-order valence-corrected chi connectivity index (χ2v) is 2.70. The van der Waals surface area contributed by atoms with Crippen molar-refractivity contribution in [2.45, 2.75) is 18.9 Å². The van der Waals surface area contributed by atoms with Crippen LogP contribution in [0, 0.1) is 0 Å². The van der Waals surface area contributed by atoms with Gasteiger partial charge in [-0.1, -0.05) is 0 Å². The van der Waals surface area contributed by atoms with Gasteiger partial charge in [-0.25, -0.2) is 0 Å². The highest BCUT2D eigenvalue weighted by atomic mass is 32.1. The van der Waals surface area contributed by atoms with E-state index in [-0.39, 0.29) is 0 Å². The van der Waals surface area contributed by atoms with Crippen LogP contribution in [0.3, 0.4) is 0 Å². The molecule has 0 unspecified atom stereocenters. The van der Waals surface area contributed by atoms with Crippen LogP contribution in [0.25, 0.3) is 0 Å². The van der Waals surface area contributed by atoms with Crippen LogP contribution in [-0.4, -0.2) is 25.0 Å². The van der Waals surface area contributed by atoms with Crippen LogP contribution < -0.4 is 10.6 Å². The molecule has 0 saturated carbocycles. The van der Waals surface area contributed by atoms with Gasteiger partial charge in [0.05, 0.1) is 0 Å².